The predicted molar refractivity (Wildman–Crippen MR) is 264 cm³/mol. The van der Waals surface area contributed by atoms with Crippen LogP contribution in [-0.4, -0.2) is 15.0 Å². The topological polar surface area (TPSA) is 38.7 Å². The van der Waals surface area contributed by atoms with Gasteiger partial charge in [0, 0.05) is 57.0 Å². The lowest BCUT2D eigenvalue weighted by Crippen LogP contribution is -2.01. The molecule has 3 aromatic heterocycles. The van der Waals surface area contributed by atoms with Crippen molar-refractivity contribution in [2.24, 2.45) is 0 Å². The largest absolute Gasteiger partial charge is 0.208 e. The first-order valence-corrected chi connectivity index (χ1v) is 22.4. The number of thiophene rings is 2. The third-order valence-electron chi connectivity index (χ3n) is 11.8. The maximum atomic E-state index is 5.37. The third kappa shape index (κ3) is 6.38. The first-order valence-electron chi connectivity index (χ1n) is 20.8. The molecule has 12 aromatic rings. The summed E-state index contributed by atoms with van der Waals surface area (Å²) in [7, 11) is 0. The van der Waals surface area contributed by atoms with Crippen LogP contribution in [0, 0.1) is 0 Å². The average molecular weight is 826 g/mol. The summed E-state index contributed by atoms with van der Waals surface area (Å²) in [5.74, 6) is 1.94. The molecule has 0 radical (unpaired) electrons. The highest BCUT2D eigenvalue weighted by Crippen LogP contribution is 2.43. The van der Waals surface area contributed by atoms with Crippen LogP contribution in [0.3, 0.4) is 0 Å². The molecular formula is C57H35N3S2. The lowest BCUT2D eigenvalue weighted by molar-refractivity contribution is 1.08. The van der Waals surface area contributed by atoms with Crippen molar-refractivity contribution >= 4 is 63.0 Å². The van der Waals surface area contributed by atoms with Crippen LogP contribution >= 0.6 is 22.7 Å². The highest BCUT2D eigenvalue weighted by molar-refractivity contribution is 7.26. The van der Waals surface area contributed by atoms with E-state index in [1.807, 2.05) is 29.5 Å². The van der Waals surface area contributed by atoms with E-state index in [1.165, 1.54) is 62.8 Å². The SMILES string of the molecule is c1ccc(-c2nc(-c3ccccc3-c3ccc4sc5ccccc5c4c3)nc(-c3cccc4sc5ccc(-c6cccc(-c7ccccc7-c7ccccc7)c6)cc5c34)n2)cc1. The summed E-state index contributed by atoms with van der Waals surface area (Å²) in [5.41, 5.74) is 12.3. The highest BCUT2D eigenvalue weighted by atomic mass is 32.1. The molecular weight excluding hydrogens is 791 g/mol. The lowest BCUT2D eigenvalue weighted by atomic mass is 9.92. The molecule has 5 heteroatoms. The van der Waals surface area contributed by atoms with Crippen LogP contribution in [0.2, 0.25) is 0 Å². The fourth-order valence-corrected chi connectivity index (χ4v) is 11.0. The zero-order chi connectivity index (χ0) is 41.0. The molecule has 0 aliphatic carbocycles. The Balaban J connectivity index is 1.01. The van der Waals surface area contributed by atoms with Gasteiger partial charge in [-0.05, 0) is 87.0 Å². The number of nitrogens with zero attached hydrogens (tertiary/aromatic N) is 3. The van der Waals surface area contributed by atoms with Gasteiger partial charge >= 0.3 is 0 Å². The molecule has 0 unspecified atom stereocenters. The maximum Gasteiger partial charge on any atom is 0.164 e. The fourth-order valence-electron chi connectivity index (χ4n) is 8.82. The van der Waals surface area contributed by atoms with Crippen molar-refractivity contribution in [3.05, 3.63) is 212 Å². The summed E-state index contributed by atoms with van der Waals surface area (Å²) in [6.07, 6.45) is 0. The second-order valence-electron chi connectivity index (χ2n) is 15.5. The van der Waals surface area contributed by atoms with Gasteiger partial charge in [0.1, 0.15) is 0 Å². The molecule has 0 bridgehead atoms. The van der Waals surface area contributed by atoms with Crippen LogP contribution in [-0.2, 0) is 0 Å². The number of rotatable bonds is 7. The Labute approximate surface area is 366 Å². The lowest BCUT2D eigenvalue weighted by Gasteiger charge is -2.13. The van der Waals surface area contributed by atoms with Crippen molar-refractivity contribution in [1.82, 2.24) is 15.0 Å². The number of aromatic nitrogens is 3. The smallest absolute Gasteiger partial charge is 0.164 e. The summed E-state index contributed by atoms with van der Waals surface area (Å²) in [6.45, 7) is 0. The molecule has 0 atom stereocenters. The minimum Gasteiger partial charge on any atom is -0.208 e. The Bertz CT molecular complexity index is 3640. The van der Waals surface area contributed by atoms with E-state index >= 15 is 0 Å². The van der Waals surface area contributed by atoms with E-state index in [0.717, 1.165) is 38.8 Å². The first-order chi connectivity index (χ1) is 30.7. The Morgan fingerprint density at radius 2 is 0.694 bits per heavy atom. The van der Waals surface area contributed by atoms with Crippen LogP contribution in [0.1, 0.15) is 0 Å². The molecule has 0 aliphatic heterocycles. The van der Waals surface area contributed by atoms with Crippen molar-refractivity contribution in [2.45, 2.75) is 0 Å². The summed E-state index contributed by atoms with van der Waals surface area (Å²) < 4.78 is 4.99. The molecule has 0 aliphatic rings. The van der Waals surface area contributed by atoms with Crippen LogP contribution in [0.5, 0.6) is 0 Å². The Hall–Kier alpha value is -7.57. The first kappa shape index (κ1) is 36.3. The second-order valence-corrected chi connectivity index (χ2v) is 17.7. The third-order valence-corrected chi connectivity index (χ3v) is 14.1. The van der Waals surface area contributed by atoms with Crippen LogP contribution in [0.25, 0.3) is 119 Å². The molecule has 3 heterocycles. The van der Waals surface area contributed by atoms with E-state index < -0.39 is 0 Å². The van der Waals surface area contributed by atoms with Gasteiger partial charge in [0.15, 0.2) is 17.5 Å². The Morgan fingerprint density at radius 3 is 1.48 bits per heavy atom. The van der Waals surface area contributed by atoms with Gasteiger partial charge in [-0.15, -0.1) is 22.7 Å². The van der Waals surface area contributed by atoms with Gasteiger partial charge in [0.2, 0.25) is 0 Å². The van der Waals surface area contributed by atoms with Crippen molar-refractivity contribution < 1.29 is 0 Å². The average Bonchev–Trinajstić information content (AvgIpc) is 3.92. The molecule has 0 N–H and O–H groups in total. The van der Waals surface area contributed by atoms with Gasteiger partial charge in [-0.3, -0.25) is 0 Å². The molecule has 0 saturated carbocycles. The van der Waals surface area contributed by atoms with Crippen LogP contribution in [0.15, 0.2) is 212 Å². The van der Waals surface area contributed by atoms with Crippen LogP contribution < -0.4 is 0 Å². The highest BCUT2D eigenvalue weighted by Gasteiger charge is 2.20. The van der Waals surface area contributed by atoms with Gasteiger partial charge in [0.25, 0.3) is 0 Å². The molecule has 3 nitrogen and oxygen atoms in total. The number of hydrogen-bond acceptors (Lipinski definition) is 5. The summed E-state index contributed by atoms with van der Waals surface area (Å²) >= 11 is 3.64. The Morgan fingerprint density at radius 1 is 0.242 bits per heavy atom. The minimum absolute atomic E-state index is 0.643. The number of hydrogen-bond donors (Lipinski definition) is 0. The molecule has 0 amide bonds. The number of fused-ring (bicyclic) bond motifs is 6. The minimum atomic E-state index is 0.643. The second kappa shape index (κ2) is 15.2. The fraction of sp³-hybridized carbons (Fsp3) is 0. The zero-order valence-electron chi connectivity index (χ0n) is 33.4. The molecule has 290 valence electrons. The molecule has 12 rings (SSSR count). The summed E-state index contributed by atoms with van der Waals surface area (Å²) in [4.78, 5) is 15.8. The standard InChI is InChI=1S/C57H35N3S2/c1-3-15-36(16-4-1)42-21-7-8-22-43(42)40-20-13-19-38(33-40)39-29-31-52-49(34-39)54-47(26-14-28-53(54)62-52)57-59-55(37-17-5-2-6-18-37)58-56(60-57)46-25-10-9-23-44(46)41-30-32-51-48(35-41)45-24-11-12-27-50(45)61-51/h1-35H. The summed E-state index contributed by atoms with van der Waals surface area (Å²) in [6, 6.07) is 75.8. The van der Waals surface area contributed by atoms with E-state index in [2.05, 4.69) is 194 Å². The molecule has 0 spiro atoms. The van der Waals surface area contributed by atoms with Gasteiger partial charge in [-0.2, -0.15) is 0 Å². The van der Waals surface area contributed by atoms with E-state index in [9.17, 15) is 0 Å². The maximum absolute atomic E-state index is 5.37. The predicted octanol–water partition coefficient (Wildman–Crippen LogP) is 16.3. The van der Waals surface area contributed by atoms with E-state index in [-0.39, 0.29) is 0 Å². The number of benzene rings is 9. The summed E-state index contributed by atoms with van der Waals surface area (Å²) in [5, 5.41) is 4.88. The van der Waals surface area contributed by atoms with Crippen LogP contribution in [0.4, 0.5) is 0 Å². The van der Waals surface area contributed by atoms with Gasteiger partial charge < -0.3 is 0 Å². The quantitative estimate of drug-likeness (QED) is 0.161. The van der Waals surface area contributed by atoms with Crippen molar-refractivity contribution in [1.29, 1.82) is 0 Å². The van der Waals surface area contributed by atoms with Crippen molar-refractivity contribution in [3.8, 4) is 78.7 Å². The van der Waals surface area contributed by atoms with Crippen molar-refractivity contribution in [2.75, 3.05) is 0 Å². The zero-order valence-corrected chi connectivity index (χ0v) is 35.0. The molecule has 0 saturated heterocycles. The Kier molecular flexibility index (Phi) is 8.87. The normalized spacial score (nSPS) is 11.5. The molecule has 9 aromatic carbocycles. The molecule has 62 heavy (non-hydrogen) atoms. The van der Waals surface area contributed by atoms with E-state index in [4.69, 9.17) is 15.0 Å². The monoisotopic (exact) mass is 825 g/mol. The van der Waals surface area contributed by atoms with Gasteiger partial charge in [0.05, 0.1) is 0 Å². The van der Waals surface area contributed by atoms with Crippen molar-refractivity contribution in [3.63, 3.8) is 0 Å². The molecule has 0 fully saturated rings. The van der Waals surface area contributed by atoms with Gasteiger partial charge in [-0.25, -0.2) is 15.0 Å². The van der Waals surface area contributed by atoms with Gasteiger partial charge in [-0.1, -0.05) is 170 Å². The van der Waals surface area contributed by atoms with E-state index in [1.54, 1.807) is 11.3 Å². The van der Waals surface area contributed by atoms with E-state index in [0.29, 0.717) is 17.5 Å².